The van der Waals surface area contributed by atoms with Crippen LogP contribution in [0.25, 0.3) is 0 Å². The fraction of sp³-hybridized carbons (Fsp3) is 0.200. The monoisotopic (exact) mass is 355 g/mol. The molecule has 0 aliphatic rings. The Morgan fingerprint density at radius 3 is 2.68 bits per heavy atom. The lowest BCUT2D eigenvalue weighted by atomic mass is 10.1. The molecule has 0 radical (unpaired) electrons. The summed E-state index contributed by atoms with van der Waals surface area (Å²) in [4.78, 5) is 1.23. The summed E-state index contributed by atoms with van der Waals surface area (Å²) in [5, 5.41) is 0.767. The maximum atomic E-state index is 6.17. The van der Waals surface area contributed by atoms with Crippen molar-refractivity contribution in [3.05, 3.63) is 63.6 Å². The minimum atomic E-state index is 0.121. The summed E-state index contributed by atoms with van der Waals surface area (Å²) in [6.07, 6.45) is 0.845. The molecule has 0 amide bonds. The first-order valence-corrected chi connectivity index (χ1v) is 8.18. The molecular weight excluding hydrogens is 342 g/mol. The van der Waals surface area contributed by atoms with Gasteiger partial charge in [-0.15, -0.1) is 11.8 Å². The van der Waals surface area contributed by atoms with Crippen LogP contribution in [0.2, 0.25) is 5.02 Å². The molecule has 0 aliphatic carbocycles. The van der Waals surface area contributed by atoms with Crippen molar-refractivity contribution in [2.24, 2.45) is 5.73 Å². The molecule has 2 aromatic carbocycles. The normalized spacial score (nSPS) is 12.4. The number of hydrogen-bond donors (Lipinski definition) is 1. The molecule has 4 heteroatoms. The molecule has 1 unspecified atom stereocenters. The second-order valence-corrected chi connectivity index (χ2v) is 6.69. The average molecular weight is 357 g/mol. The van der Waals surface area contributed by atoms with Crippen LogP contribution in [-0.2, 0) is 6.42 Å². The van der Waals surface area contributed by atoms with Crippen molar-refractivity contribution in [1.29, 1.82) is 0 Å². The van der Waals surface area contributed by atoms with Crippen molar-refractivity contribution >= 4 is 39.3 Å². The minimum Gasteiger partial charge on any atom is -0.327 e. The van der Waals surface area contributed by atoms with E-state index in [-0.39, 0.29) is 6.04 Å². The molecule has 0 aliphatic heterocycles. The fourth-order valence-corrected chi connectivity index (χ4v) is 3.52. The highest BCUT2D eigenvalue weighted by Crippen LogP contribution is 2.27. The van der Waals surface area contributed by atoms with Gasteiger partial charge >= 0.3 is 0 Å². The highest BCUT2D eigenvalue weighted by atomic mass is 79.9. The Hall–Kier alpha value is -0.480. The molecule has 0 aromatic heterocycles. The standard InChI is InChI=1S/C15H15BrClNS/c16-14-6-1-2-7-15(14)19-10-13(18)9-11-4-3-5-12(17)8-11/h1-8,13H,9-10,18H2. The maximum absolute atomic E-state index is 6.17. The van der Waals surface area contributed by atoms with Crippen LogP contribution in [0.1, 0.15) is 5.56 Å². The van der Waals surface area contributed by atoms with Crippen LogP contribution in [0.3, 0.4) is 0 Å². The van der Waals surface area contributed by atoms with Crippen LogP contribution >= 0.6 is 39.3 Å². The van der Waals surface area contributed by atoms with E-state index in [4.69, 9.17) is 17.3 Å². The van der Waals surface area contributed by atoms with E-state index in [1.54, 1.807) is 11.8 Å². The Morgan fingerprint density at radius 1 is 1.16 bits per heavy atom. The molecule has 2 rings (SSSR count). The van der Waals surface area contributed by atoms with E-state index in [9.17, 15) is 0 Å². The van der Waals surface area contributed by atoms with E-state index in [1.165, 1.54) is 10.5 Å². The topological polar surface area (TPSA) is 26.0 Å². The summed E-state index contributed by atoms with van der Waals surface area (Å²) in [5.41, 5.74) is 7.36. The maximum Gasteiger partial charge on any atom is 0.0408 e. The van der Waals surface area contributed by atoms with E-state index < -0.39 is 0 Å². The zero-order valence-corrected chi connectivity index (χ0v) is 13.5. The van der Waals surface area contributed by atoms with Gasteiger partial charge in [-0.2, -0.15) is 0 Å². The molecule has 0 saturated heterocycles. The first kappa shape index (κ1) is 14.9. The lowest BCUT2D eigenvalue weighted by molar-refractivity contribution is 0.748. The van der Waals surface area contributed by atoms with Crippen LogP contribution in [0, 0.1) is 0 Å². The lowest BCUT2D eigenvalue weighted by Crippen LogP contribution is -2.25. The molecular formula is C15H15BrClNS. The fourth-order valence-electron chi connectivity index (χ4n) is 1.78. The molecule has 19 heavy (non-hydrogen) atoms. The van der Waals surface area contributed by atoms with Crippen molar-refractivity contribution in [3.63, 3.8) is 0 Å². The van der Waals surface area contributed by atoms with Gasteiger partial charge in [0.15, 0.2) is 0 Å². The summed E-state index contributed by atoms with van der Waals surface area (Å²) in [6.45, 7) is 0. The number of halogens is 2. The number of hydrogen-bond acceptors (Lipinski definition) is 2. The van der Waals surface area contributed by atoms with Gasteiger partial charge in [0.05, 0.1) is 0 Å². The summed E-state index contributed by atoms with van der Waals surface area (Å²) >= 11 is 11.3. The second kappa shape index (κ2) is 7.34. The molecule has 0 saturated carbocycles. The molecule has 2 N–H and O–H groups in total. The molecule has 100 valence electrons. The van der Waals surface area contributed by atoms with Crippen LogP contribution < -0.4 is 5.73 Å². The summed E-state index contributed by atoms with van der Waals surface area (Å²) in [5.74, 6) is 0.884. The zero-order chi connectivity index (χ0) is 13.7. The third-order valence-corrected chi connectivity index (χ3v) is 5.13. The summed E-state index contributed by atoms with van der Waals surface area (Å²) in [6, 6.07) is 16.2. The van der Waals surface area contributed by atoms with E-state index in [0.717, 1.165) is 21.7 Å². The summed E-state index contributed by atoms with van der Waals surface area (Å²) < 4.78 is 1.12. The average Bonchev–Trinajstić information content (AvgIpc) is 2.38. The van der Waals surface area contributed by atoms with Gasteiger partial charge in [-0.25, -0.2) is 0 Å². The van der Waals surface area contributed by atoms with Gasteiger partial charge in [-0.3, -0.25) is 0 Å². The Morgan fingerprint density at radius 2 is 1.95 bits per heavy atom. The highest BCUT2D eigenvalue weighted by molar-refractivity contribution is 9.10. The van der Waals surface area contributed by atoms with Gasteiger partial charge in [-0.05, 0) is 52.2 Å². The Bertz CT molecular complexity index is 547. The lowest BCUT2D eigenvalue weighted by Gasteiger charge is -2.12. The summed E-state index contributed by atoms with van der Waals surface area (Å²) in [7, 11) is 0. The first-order chi connectivity index (χ1) is 9.15. The molecule has 0 heterocycles. The Kier molecular flexibility index (Phi) is 5.76. The van der Waals surface area contributed by atoms with Gasteiger partial charge in [-0.1, -0.05) is 35.9 Å². The predicted octanol–water partition coefficient (Wildman–Crippen LogP) is 4.76. The first-order valence-electron chi connectivity index (χ1n) is 6.02. The second-order valence-electron chi connectivity index (χ2n) is 4.34. The third-order valence-electron chi connectivity index (χ3n) is 2.68. The minimum absolute atomic E-state index is 0.121. The van der Waals surface area contributed by atoms with Gasteiger partial charge < -0.3 is 5.73 Å². The third kappa shape index (κ3) is 4.84. The quantitative estimate of drug-likeness (QED) is 0.781. The number of thioether (sulfide) groups is 1. The van der Waals surface area contributed by atoms with Gasteiger partial charge in [0.2, 0.25) is 0 Å². The predicted molar refractivity (Wildman–Crippen MR) is 88.0 cm³/mol. The van der Waals surface area contributed by atoms with Crippen LogP contribution in [0.4, 0.5) is 0 Å². The van der Waals surface area contributed by atoms with Crippen LogP contribution in [0.15, 0.2) is 57.9 Å². The SMILES string of the molecule is NC(CSc1ccccc1Br)Cc1cccc(Cl)c1. The van der Waals surface area contributed by atoms with Crippen molar-refractivity contribution in [3.8, 4) is 0 Å². The smallest absolute Gasteiger partial charge is 0.0408 e. The van der Waals surface area contributed by atoms with Crippen molar-refractivity contribution in [2.75, 3.05) is 5.75 Å². The van der Waals surface area contributed by atoms with Crippen molar-refractivity contribution < 1.29 is 0 Å². The van der Waals surface area contributed by atoms with E-state index in [2.05, 4.69) is 28.1 Å². The number of rotatable bonds is 5. The van der Waals surface area contributed by atoms with Gasteiger partial charge in [0.1, 0.15) is 0 Å². The van der Waals surface area contributed by atoms with Gasteiger partial charge in [0.25, 0.3) is 0 Å². The Balaban J connectivity index is 1.88. The van der Waals surface area contributed by atoms with Crippen molar-refractivity contribution in [2.45, 2.75) is 17.4 Å². The van der Waals surface area contributed by atoms with E-state index in [1.807, 2.05) is 36.4 Å². The van der Waals surface area contributed by atoms with Crippen molar-refractivity contribution in [1.82, 2.24) is 0 Å². The van der Waals surface area contributed by atoms with Crippen LogP contribution in [-0.4, -0.2) is 11.8 Å². The molecule has 0 bridgehead atoms. The van der Waals surface area contributed by atoms with Gasteiger partial charge in [0, 0.05) is 26.2 Å². The molecule has 1 nitrogen and oxygen atoms in total. The molecule has 2 aromatic rings. The van der Waals surface area contributed by atoms with E-state index >= 15 is 0 Å². The van der Waals surface area contributed by atoms with E-state index in [0.29, 0.717) is 0 Å². The zero-order valence-electron chi connectivity index (χ0n) is 10.4. The molecule has 1 atom stereocenters. The highest BCUT2D eigenvalue weighted by Gasteiger charge is 2.07. The number of benzene rings is 2. The number of nitrogens with two attached hydrogens (primary N) is 1. The Labute approximate surface area is 131 Å². The molecule has 0 spiro atoms. The molecule has 0 fully saturated rings. The largest absolute Gasteiger partial charge is 0.327 e. The van der Waals surface area contributed by atoms with Crippen LogP contribution in [0.5, 0.6) is 0 Å².